The van der Waals surface area contributed by atoms with Crippen molar-refractivity contribution in [2.24, 2.45) is 5.92 Å². The summed E-state index contributed by atoms with van der Waals surface area (Å²) >= 11 is 0. The van der Waals surface area contributed by atoms with Crippen molar-refractivity contribution >= 4 is 10.8 Å². The Morgan fingerprint density at radius 1 is 1.00 bits per heavy atom. The van der Waals surface area contributed by atoms with Gasteiger partial charge in [-0.05, 0) is 42.1 Å². The molecule has 3 rings (SSSR count). The molecule has 1 nitrogen and oxygen atoms in total. The van der Waals surface area contributed by atoms with Crippen LogP contribution in [0.2, 0.25) is 0 Å². The van der Waals surface area contributed by atoms with Crippen molar-refractivity contribution < 1.29 is 0 Å². The first-order valence-corrected chi connectivity index (χ1v) is 7.05. The first-order chi connectivity index (χ1) is 8.90. The van der Waals surface area contributed by atoms with Crippen molar-refractivity contribution in [3.63, 3.8) is 0 Å². The molecule has 0 amide bonds. The lowest BCUT2D eigenvalue weighted by Gasteiger charge is -2.24. The largest absolute Gasteiger partial charge is 0.313 e. The van der Waals surface area contributed by atoms with E-state index in [-0.39, 0.29) is 0 Å². The van der Waals surface area contributed by atoms with Crippen LogP contribution < -0.4 is 5.32 Å². The van der Waals surface area contributed by atoms with E-state index < -0.39 is 0 Å². The summed E-state index contributed by atoms with van der Waals surface area (Å²) in [5.41, 5.74) is 1.47. The Bertz CT molecular complexity index is 521. The quantitative estimate of drug-likeness (QED) is 0.842. The number of benzene rings is 2. The minimum atomic E-state index is 0.513. The highest BCUT2D eigenvalue weighted by Crippen LogP contribution is 2.37. The highest BCUT2D eigenvalue weighted by atomic mass is 14.9. The Kier molecular flexibility index (Phi) is 3.33. The molecule has 0 bridgehead atoms. The fraction of sp³-hybridized carbons (Fsp3) is 0.412. The second-order valence-electron chi connectivity index (χ2n) is 5.38. The molecule has 0 aromatic heterocycles. The molecule has 2 aromatic rings. The molecule has 1 aliphatic carbocycles. The zero-order valence-electron chi connectivity index (χ0n) is 11.0. The van der Waals surface area contributed by atoms with Crippen molar-refractivity contribution in [1.82, 2.24) is 5.32 Å². The Morgan fingerprint density at radius 3 is 2.50 bits per heavy atom. The summed E-state index contributed by atoms with van der Waals surface area (Å²) in [5.74, 6) is 0.806. The van der Waals surface area contributed by atoms with Crippen molar-refractivity contribution in [3.05, 3.63) is 48.0 Å². The Hall–Kier alpha value is -1.34. The molecule has 0 spiro atoms. The number of rotatable bonds is 3. The second kappa shape index (κ2) is 5.11. The summed E-state index contributed by atoms with van der Waals surface area (Å²) in [6.45, 7) is 0. The molecule has 2 aromatic carbocycles. The van der Waals surface area contributed by atoms with E-state index in [2.05, 4.69) is 54.8 Å². The van der Waals surface area contributed by atoms with E-state index in [1.807, 2.05) is 0 Å². The third kappa shape index (κ3) is 2.04. The maximum atomic E-state index is 3.55. The summed E-state index contributed by atoms with van der Waals surface area (Å²) in [6.07, 6.45) is 5.53. The van der Waals surface area contributed by atoms with Gasteiger partial charge in [0.1, 0.15) is 0 Å². The van der Waals surface area contributed by atoms with Gasteiger partial charge in [-0.1, -0.05) is 55.3 Å². The number of hydrogen-bond acceptors (Lipinski definition) is 1. The molecule has 1 atom stereocenters. The predicted octanol–water partition coefficient (Wildman–Crippen LogP) is 4.29. The van der Waals surface area contributed by atoms with E-state index in [9.17, 15) is 0 Å². The van der Waals surface area contributed by atoms with Crippen LogP contribution in [0.15, 0.2) is 42.5 Å². The first kappa shape index (κ1) is 11.7. The molecule has 1 saturated carbocycles. The van der Waals surface area contributed by atoms with Gasteiger partial charge in [0.25, 0.3) is 0 Å². The third-order valence-electron chi connectivity index (χ3n) is 4.34. The SMILES string of the molecule is CNC(c1cccc2ccccc12)C1CCCC1. The second-order valence-corrected chi connectivity index (χ2v) is 5.38. The highest BCUT2D eigenvalue weighted by Gasteiger charge is 2.25. The summed E-state index contributed by atoms with van der Waals surface area (Å²) in [6, 6.07) is 15.9. The minimum Gasteiger partial charge on any atom is -0.313 e. The first-order valence-electron chi connectivity index (χ1n) is 7.05. The monoisotopic (exact) mass is 239 g/mol. The van der Waals surface area contributed by atoms with Gasteiger partial charge in [0.05, 0.1) is 0 Å². The van der Waals surface area contributed by atoms with Gasteiger partial charge in [-0.3, -0.25) is 0 Å². The molecule has 1 N–H and O–H groups in total. The van der Waals surface area contributed by atoms with E-state index in [1.54, 1.807) is 0 Å². The standard InChI is InChI=1S/C17H21N/c1-18-17(14-8-2-3-9-14)16-12-6-10-13-7-4-5-11-15(13)16/h4-7,10-12,14,17-18H,2-3,8-9H2,1H3. The lowest BCUT2D eigenvalue weighted by atomic mass is 9.88. The van der Waals surface area contributed by atoms with Crippen LogP contribution in [-0.2, 0) is 0 Å². The molecule has 1 fully saturated rings. The molecule has 0 radical (unpaired) electrons. The number of nitrogens with one attached hydrogen (secondary N) is 1. The van der Waals surface area contributed by atoms with Gasteiger partial charge < -0.3 is 5.32 Å². The van der Waals surface area contributed by atoms with Gasteiger partial charge in [0, 0.05) is 6.04 Å². The zero-order valence-corrected chi connectivity index (χ0v) is 11.0. The topological polar surface area (TPSA) is 12.0 Å². The Labute approximate surface area is 109 Å². The van der Waals surface area contributed by atoms with E-state index in [0.29, 0.717) is 6.04 Å². The maximum Gasteiger partial charge on any atom is 0.0352 e. The van der Waals surface area contributed by atoms with Crippen LogP contribution in [0.1, 0.15) is 37.3 Å². The fourth-order valence-corrected chi connectivity index (χ4v) is 3.46. The lowest BCUT2D eigenvalue weighted by molar-refractivity contribution is 0.392. The van der Waals surface area contributed by atoms with Crippen molar-refractivity contribution in [2.75, 3.05) is 7.05 Å². The average Bonchev–Trinajstić information content (AvgIpc) is 2.94. The van der Waals surface area contributed by atoms with E-state index in [4.69, 9.17) is 0 Å². The number of fused-ring (bicyclic) bond motifs is 1. The van der Waals surface area contributed by atoms with E-state index in [1.165, 1.54) is 42.0 Å². The molecule has 0 saturated heterocycles. The van der Waals surface area contributed by atoms with Crippen LogP contribution in [0.5, 0.6) is 0 Å². The van der Waals surface area contributed by atoms with Gasteiger partial charge in [0.15, 0.2) is 0 Å². The van der Waals surface area contributed by atoms with Crippen molar-refractivity contribution in [1.29, 1.82) is 0 Å². The van der Waals surface area contributed by atoms with E-state index in [0.717, 1.165) is 5.92 Å². The van der Waals surface area contributed by atoms with Gasteiger partial charge in [-0.2, -0.15) is 0 Å². The van der Waals surface area contributed by atoms with Crippen LogP contribution in [0, 0.1) is 5.92 Å². The van der Waals surface area contributed by atoms with Crippen LogP contribution in [0.25, 0.3) is 10.8 Å². The molecule has 0 aliphatic heterocycles. The van der Waals surface area contributed by atoms with Gasteiger partial charge in [-0.25, -0.2) is 0 Å². The highest BCUT2D eigenvalue weighted by molar-refractivity contribution is 5.86. The summed E-state index contributed by atoms with van der Waals surface area (Å²) < 4.78 is 0. The van der Waals surface area contributed by atoms with Crippen LogP contribution in [0.4, 0.5) is 0 Å². The van der Waals surface area contributed by atoms with Crippen LogP contribution >= 0.6 is 0 Å². The predicted molar refractivity (Wildman–Crippen MR) is 77.7 cm³/mol. The zero-order chi connectivity index (χ0) is 12.4. The molecule has 0 heterocycles. The van der Waals surface area contributed by atoms with Gasteiger partial charge in [0.2, 0.25) is 0 Å². The normalized spacial score (nSPS) is 18.3. The fourth-order valence-electron chi connectivity index (χ4n) is 3.46. The molecular weight excluding hydrogens is 218 g/mol. The maximum absolute atomic E-state index is 3.55. The summed E-state index contributed by atoms with van der Waals surface area (Å²) in [7, 11) is 2.10. The Balaban J connectivity index is 2.06. The number of hydrogen-bond donors (Lipinski definition) is 1. The van der Waals surface area contributed by atoms with Gasteiger partial charge in [-0.15, -0.1) is 0 Å². The molecule has 1 heteroatoms. The summed E-state index contributed by atoms with van der Waals surface area (Å²) in [5, 5.41) is 6.32. The van der Waals surface area contributed by atoms with Crippen LogP contribution in [0.3, 0.4) is 0 Å². The molecular formula is C17H21N. The van der Waals surface area contributed by atoms with Crippen molar-refractivity contribution in [2.45, 2.75) is 31.7 Å². The average molecular weight is 239 g/mol. The van der Waals surface area contributed by atoms with Crippen LogP contribution in [-0.4, -0.2) is 7.05 Å². The molecule has 94 valence electrons. The Morgan fingerprint density at radius 2 is 1.72 bits per heavy atom. The minimum absolute atomic E-state index is 0.513. The summed E-state index contributed by atoms with van der Waals surface area (Å²) in [4.78, 5) is 0. The molecule has 1 aliphatic rings. The van der Waals surface area contributed by atoms with Gasteiger partial charge >= 0.3 is 0 Å². The smallest absolute Gasteiger partial charge is 0.0352 e. The van der Waals surface area contributed by atoms with E-state index >= 15 is 0 Å². The lowest BCUT2D eigenvalue weighted by Crippen LogP contribution is -2.23. The molecule has 1 unspecified atom stereocenters. The molecule has 18 heavy (non-hydrogen) atoms. The third-order valence-corrected chi connectivity index (χ3v) is 4.34. The van der Waals surface area contributed by atoms with Crippen molar-refractivity contribution in [3.8, 4) is 0 Å².